The van der Waals surface area contributed by atoms with E-state index in [2.05, 4.69) is 10.5 Å². The number of nitrogens with zero attached hydrogens (tertiary/aromatic N) is 1. The van der Waals surface area contributed by atoms with E-state index in [-0.39, 0.29) is 5.91 Å². The summed E-state index contributed by atoms with van der Waals surface area (Å²) in [5.74, 6) is 1.62. The Labute approximate surface area is 123 Å². The van der Waals surface area contributed by atoms with E-state index in [1.165, 1.54) is 7.11 Å². The fourth-order valence-electron chi connectivity index (χ4n) is 1.93. The first-order chi connectivity index (χ1) is 10.1. The second-order valence-corrected chi connectivity index (χ2v) is 4.54. The molecule has 112 valence electrons. The van der Waals surface area contributed by atoms with Crippen molar-refractivity contribution >= 4 is 5.91 Å². The second-order valence-electron chi connectivity index (χ2n) is 4.54. The Morgan fingerprint density at radius 3 is 2.67 bits per heavy atom. The smallest absolute Gasteiger partial charge is 0.251 e. The maximum Gasteiger partial charge on any atom is 0.251 e. The van der Waals surface area contributed by atoms with Gasteiger partial charge in [-0.2, -0.15) is 0 Å². The van der Waals surface area contributed by atoms with Crippen molar-refractivity contribution in [3.63, 3.8) is 0 Å². The Bertz CT molecular complexity index is 630. The molecule has 0 spiro atoms. The standard InChI is InChI=1S/C15H18N2O4/c1-9-12(10(2)21-17-9)8-20-13-6-5-11(15(18)16-3)7-14(13)19-4/h5-7H,8H2,1-4H3,(H,16,18). The average Bonchev–Trinajstić information content (AvgIpc) is 2.83. The van der Waals surface area contributed by atoms with Gasteiger partial charge in [-0.25, -0.2) is 0 Å². The summed E-state index contributed by atoms with van der Waals surface area (Å²) >= 11 is 0. The molecule has 0 fully saturated rings. The third-order valence-electron chi connectivity index (χ3n) is 3.21. The first-order valence-corrected chi connectivity index (χ1v) is 6.51. The molecular weight excluding hydrogens is 272 g/mol. The minimum Gasteiger partial charge on any atom is -0.493 e. The van der Waals surface area contributed by atoms with Crippen molar-refractivity contribution in [2.75, 3.05) is 14.2 Å². The minimum absolute atomic E-state index is 0.175. The molecule has 0 aliphatic rings. The number of methoxy groups -OCH3 is 1. The summed E-state index contributed by atoms with van der Waals surface area (Å²) in [5.41, 5.74) is 2.22. The molecule has 1 aromatic carbocycles. The highest BCUT2D eigenvalue weighted by molar-refractivity contribution is 5.94. The maximum atomic E-state index is 11.6. The number of carbonyl (C=O) groups excluding carboxylic acids is 1. The molecular formula is C15H18N2O4. The van der Waals surface area contributed by atoms with Gasteiger partial charge in [-0.3, -0.25) is 4.79 Å². The van der Waals surface area contributed by atoms with Gasteiger partial charge in [0, 0.05) is 12.6 Å². The summed E-state index contributed by atoms with van der Waals surface area (Å²) in [5, 5.41) is 6.45. The van der Waals surface area contributed by atoms with E-state index >= 15 is 0 Å². The fraction of sp³-hybridized carbons (Fsp3) is 0.333. The van der Waals surface area contributed by atoms with Crippen LogP contribution in [-0.4, -0.2) is 25.2 Å². The van der Waals surface area contributed by atoms with Crippen LogP contribution in [0.25, 0.3) is 0 Å². The zero-order valence-corrected chi connectivity index (χ0v) is 12.5. The van der Waals surface area contributed by atoms with Gasteiger partial charge in [0.1, 0.15) is 12.4 Å². The summed E-state index contributed by atoms with van der Waals surface area (Å²) < 4.78 is 16.1. The largest absolute Gasteiger partial charge is 0.493 e. The topological polar surface area (TPSA) is 73.6 Å². The van der Waals surface area contributed by atoms with Crippen LogP contribution in [0.15, 0.2) is 22.7 Å². The highest BCUT2D eigenvalue weighted by atomic mass is 16.5. The minimum atomic E-state index is -0.175. The SMILES string of the molecule is CNC(=O)c1ccc(OCc2c(C)noc2C)c(OC)c1. The highest BCUT2D eigenvalue weighted by Gasteiger charge is 2.13. The van der Waals surface area contributed by atoms with Gasteiger partial charge in [-0.05, 0) is 32.0 Å². The number of hydrogen-bond donors (Lipinski definition) is 1. The van der Waals surface area contributed by atoms with E-state index in [1.54, 1.807) is 25.2 Å². The molecule has 0 saturated carbocycles. The van der Waals surface area contributed by atoms with Crippen molar-refractivity contribution in [2.24, 2.45) is 0 Å². The van der Waals surface area contributed by atoms with Crippen molar-refractivity contribution in [3.05, 3.63) is 40.8 Å². The van der Waals surface area contributed by atoms with Gasteiger partial charge in [-0.1, -0.05) is 5.16 Å². The van der Waals surface area contributed by atoms with Gasteiger partial charge < -0.3 is 19.3 Å². The molecule has 0 aliphatic carbocycles. The van der Waals surface area contributed by atoms with E-state index in [1.807, 2.05) is 13.8 Å². The van der Waals surface area contributed by atoms with Gasteiger partial charge in [0.25, 0.3) is 5.91 Å². The van der Waals surface area contributed by atoms with Gasteiger partial charge >= 0.3 is 0 Å². The molecule has 0 unspecified atom stereocenters. The van der Waals surface area contributed by atoms with Crippen LogP contribution in [0.1, 0.15) is 27.4 Å². The third kappa shape index (κ3) is 3.16. The molecule has 1 amide bonds. The predicted octanol–water partition coefficient (Wildman–Crippen LogP) is 2.24. The van der Waals surface area contributed by atoms with Gasteiger partial charge in [0.2, 0.25) is 0 Å². The van der Waals surface area contributed by atoms with Gasteiger partial charge in [0.05, 0.1) is 18.4 Å². The Morgan fingerprint density at radius 2 is 2.10 bits per heavy atom. The molecule has 21 heavy (non-hydrogen) atoms. The fourth-order valence-corrected chi connectivity index (χ4v) is 1.93. The third-order valence-corrected chi connectivity index (χ3v) is 3.21. The molecule has 1 aromatic heterocycles. The normalized spacial score (nSPS) is 10.3. The van der Waals surface area contributed by atoms with Crippen LogP contribution in [0, 0.1) is 13.8 Å². The average molecular weight is 290 g/mol. The molecule has 2 aromatic rings. The number of amides is 1. The summed E-state index contributed by atoms with van der Waals surface area (Å²) in [7, 11) is 3.11. The Morgan fingerprint density at radius 1 is 1.33 bits per heavy atom. The van der Waals surface area contributed by atoms with Gasteiger partial charge in [-0.15, -0.1) is 0 Å². The number of aryl methyl sites for hydroxylation is 2. The van der Waals surface area contributed by atoms with Crippen molar-refractivity contribution < 1.29 is 18.8 Å². The first-order valence-electron chi connectivity index (χ1n) is 6.51. The number of rotatable bonds is 5. The molecule has 0 atom stereocenters. The molecule has 0 radical (unpaired) electrons. The van der Waals surface area contributed by atoms with Crippen molar-refractivity contribution in [1.29, 1.82) is 0 Å². The molecule has 0 bridgehead atoms. The number of carbonyl (C=O) groups is 1. The number of nitrogens with one attached hydrogen (secondary N) is 1. The summed E-state index contributed by atoms with van der Waals surface area (Å²) in [4.78, 5) is 11.6. The maximum absolute atomic E-state index is 11.6. The summed E-state index contributed by atoms with van der Waals surface area (Å²) in [6, 6.07) is 5.03. The van der Waals surface area contributed by atoms with Crippen LogP contribution >= 0.6 is 0 Å². The molecule has 2 rings (SSSR count). The highest BCUT2D eigenvalue weighted by Crippen LogP contribution is 2.29. The lowest BCUT2D eigenvalue weighted by Gasteiger charge is -2.11. The van der Waals surface area contributed by atoms with Crippen molar-refractivity contribution in [2.45, 2.75) is 20.5 Å². The van der Waals surface area contributed by atoms with Crippen LogP contribution in [0.4, 0.5) is 0 Å². The lowest BCUT2D eigenvalue weighted by Crippen LogP contribution is -2.17. The lowest BCUT2D eigenvalue weighted by molar-refractivity contribution is 0.0962. The van der Waals surface area contributed by atoms with Crippen molar-refractivity contribution in [3.8, 4) is 11.5 Å². The molecule has 0 aliphatic heterocycles. The Balaban J connectivity index is 2.18. The number of aromatic nitrogens is 1. The molecule has 6 heteroatoms. The zero-order valence-electron chi connectivity index (χ0n) is 12.5. The van der Waals surface area contributed by atoms with Crippen LogP contribution in [-0.2, 0) is 6.61 Å². The number of ether oxygens (including phenoxy) is 2. The number of benzene rings is 1. The van der Waals surface area contributed by atoms with Crippen LogP contribution in [0.5, 0.6) is 11.5 Å². The monoisotopic (exact) mass is 290 g/mol. The lowest BCUT2D eigenvalue weighted by atomic mass is 10.2. The van der Waals surface area contributed by atoms with Crippen molar-refractivity contribution in [1.82, 2.24) is 10.5 Å². The Kier molecular flexibility index (Phi) is 4.47. The molecule has 6 nitrogen and oxygen atoms in total. The zero-order chi connectivity index (χ0) is 15.4. The van der Waals surface area contributed by atoms with E-state index < -0.39 is 0 Å². The van der Waals surface area contributed by atoms with Crippen LogP contribution < -0.4 is 14.8 Å². The predicted molar refractivity (Wildman–Crippen MR) is 76.7 cm³/mol. The molecule has 1 N–H and O–H groups in total. The quantitative estimate of drug-likeness (QED) is 0.914. The summed E-state index contributed by atoms with van der Waals surface area (Å²) in [6.45, 7) is 4.03. The first kappa shape index (κ1) is 14.9. The van der Waals surface area contributed by atoms with E-state index in [0.29, 0.717) is 23.7 Å². The van der Waals surface area contributed by atoms with Crippen LogP contribution in [0.3, 0.4) is 0 Å². The summed E-state index contributed by atoms with van der Waals surface area (Å²) in [6.07, 6.45) is 0. The molecule has 0 saturated heterocycles. The second kappa shape index (κ2) is 6.30. The van der Waals surface area contributed by atoms with Crippen LogP contribution in [0.2, 0.25) is 0 Å². The number of hydrogen-bond acceptors (Lipinski definition) is 5. The van der Waals surface area contributed by atoms with Gasteiger partial charge in [0.15, 0.2) is 11.5 Å². The van der Waals surface area contributed by atoms with E-state index in [0.717, 1.165) is 17.0 Å². The molecule has 1 heterocycles. The van der Waals surface area contributed by atoms with E-state index in [9.17, 15) is 4.79 Å². The van der Waals surface area contributed by atoms with E-state index in [4.69, 9.17) is 14.0 Å². The Hall–Kier alpha value is -2.50.